The molecule has 1 aliphatic carbocycles. The Labute approximate surface area is 99.6 Å². The summed E-state index contributed by atoms with van der Waals surface area (Å²) >= 11 is 0. The third-order valence-corrected chi connectivity index (χ3v) is 4.13. The molecule has 2 rings (SSSR count). The molecule has 0 aromatic carbocycles. The van der Waals surface area contributed by atoms with Crippen LogP contribution < -0.4 is 0 Å². The van der Waals surface area contributed by atoms with Crippen LogP contribution in [0.2, 0.25) is 0 Å². The summed E-state index contributed by atoms with van der Waals surface area (Å²) < 4.78 is 5.75. The van der Waals surface area contributed by atoms with Crippen LogP contribution in [-0.2, 0) is 4.74 Å². The van der Waals surface area contributed by atoms with Gasteiger partial charge in [0.2, 0.25) is 0 Å². The maximum atomic E-state index is 5.75. The molecule has 0 radical (unpaired) electrons. The second-order valence-electron chi connectivity index (χ2n) is 5.86. The van der Waals surface area contributed by atoms with Crippen LogP contribution >= 0.6 is 0 Å². The molecular formula is C15H24O. The largest absolute Gasteiger partial charge is 0.366 e. The molecule has 2 fully saturated rings. The van der Waals surface area contributed by atoms with Crippen molar-refractivity contribution in [1.82, 2.24) is 0 Å². The molecule has 0 aromatic rings. The average Bonchev–Trinajstić information content (AvgIpc) is 2.87. The lowest BCUT2D eigenvalue weighted by atomic mass is 9.79. The van der Waals surface area contributed by atoms with Crippen molar-refractivity contribution in [2.45, 2.75) is 65.1 Å². The molecular weight excluding hydrogens is 196 g/mol. The van der Waals surface area contributed by atoms with Crippen LogP contribution in [0.1, 0.15) is 53.4 Å². The van der Waals surface area contributed by atoms with Crippen LogP contribution in [-0.4, -0.2) is 11.7 Å². The van der Waals surface area contributed by atoms with E-state index in [4.69, 9.17) is 4.74 Å². The minimum atomic E-state index is 0.261. The molecule has 1 saturated carbocycles. The summed E-state index contributed by atoms with van der Waals surface area (Å²) in [5, 5.41) is 0. The summed E-state index contributed by atoms with van der Waals surface area (Å²) in [4.78, 5) is 0. The molecule has 1 saturated heterocycles. The van der Waals surface area contributed by atoms with Crippen LogP contribution in [0.3, 0.4) is 0 Å². The quantitative estimate of drug-likeness (QED) is 0.512. The fourth-order valence-electron chi connectivity index (χ4n) is 2.71. The van der Waals surface area contributed by atoms with Gasteiger partial charge in [-0.05, 0) is 59.3 Å². The Kier molecular flexibility index (Phi) is 3.25. The van der Waals surface area contributed by atoms with E-state index >= 15 is 0 Å². The molecule has 0 bridgehead atoms. The van der Waals surface area contributed by atoms with Crippen LogP contribution in [0, 0.1) is 5.92 Å². The standard InChI is InChI=1S/C15H24O/c1-11(2)6-5-7-12(3)13-8-9-15(4)14(10-13)16-15/h6-7,13-14H,5,8-10H2,1-4H3/b12-7+/t13-,14+,15-/m0/s1. The Morgan fingerprint density at radius 3 is 2.69 bits per heavy atom. The zero-order valence-corrected chi connectivity index (χ0v) is 11.0. The van der Waals surface area contributed by atoms with Gasteiger partial charge in [-0.25, -0.2) is 0 Å². The van der Waals surface area contributed by atoms with Gasteiger partial charge >= 0.3 is 0 Å². The van der Waals surface area contributed by atoms with Gasteiger partial charge in [-0.2, -0.15) is 0 Å². The highest BCUT2D eigenvalue weighted by atomic mass is 16.6. The molecule has 0 amide bonds. The van der Waals surface area contributed by atoms with Crippen molar-refractivity contribution >= 4 is 0 Å². The Morgan fingerprint density at radius 1 is 1.31 bits per heavy atom. The van der Waals surface area contributed by atoms with E-state index in [1.165, 1.54) is 24.8 Å². The molecule has 2 aliphatic rings. The maximum absolute atomic E-state index is 5.75. The molecule has 0 N–H and O–H groups in total. The summed E-state index contributed by atoms with van der Waals surface area (Å²) in [7, 11) is 0. The van der Waals surface area contributed by atoms with E-state index in [2.05, 4.69) is 39.8 Å². The molecule has 1 aliphatic heterocycles. The molecule has 16 heavy (non-hydrogen) atoms. The fraction of sp³-hybridized carbons (Fsp3) is 0.733. The van der Waals surface area contributed by atoms with Crippen molar-refractivity contribution in [1.29, 1.82) is 0 Å². The number of allylic oxidation sites excluding steroid dienone is 4. The molecule has 0 unspecified atom stereocenters. The number of hydrogen-bond donors (Lipinski definition) is 0. The highest BCUT2D eigenvalue weighted by Gasteiger charge is 2.55. The van der Waals surface area contributed by atoms with Crippen molar-refractivity contribution in [3.8, 4) is 0 Å². The highest BCUT2D eigenvalue weighted by molar-refractivity contribution is 5.14. The van der Waals surface area contributed by atoms with Crippen molar-refractivity contribution in [2.24, 2.45) is 5.92 Å². The van der Waals surface area contributed by atoms with E-state index in [9.17, 15) is 0 Å². The van der Waals surface area contributed by atoms with Gasteiger partial charge < -0.3 is 4.74 Å². The van der Waals surface area contributed by atoms with Crippen LogP contribution in [0.4, 0.5) is 0 Å². The third-order valence-electron chi connectivity index (χ3n) is 4.13. The second-order valence-corrected chi connectivity index (χ2v) is 5.86. The second kappa shape index (κ2) is 4.37. The molecule has 1 nitrogen and oxygen atoms in total. The maximum Gasteiger partial charge on any atom is 0.0920 e. The zero-order chi connectivity index (χ0) is 11.8. The van der Waals surface area contributed by atoms with Crippen molar-refractivity contribution in [2.75, 3.05) is 0 Å². The van der Waals surface area contributed by atoms with Crippen molar-refractivity contribution in [3.63, 3.8) is 0 Å². The summed E-state index contributed by atoms with van der Waals surface area (Å²) in [5.74, 6) is 0.770. The summed E-state index contributed by atoms with van der Waals surface area (Å²) in [6, 6.07) is 0. The molecule has 0 aromatic heterocycles. The summed E-state index contributed by atoms with van der Waals surface area (Å²) in [6.45, 7) is 8.87. The number of epoxide rings is 1. The molecule has 3 atom stereocenters. The summed E-state index contributed by atoms with van der Waals surface area (Å²) in [5.41, 5.74) is 3.23. The first-order valence-electron chi connectivity index (χ1n) is 6.49. The SMILES string of the molecule is CC(C)=CC/C=C(\C)[C@H]1CC[C@]2(C)O[C@@H]2C1. The average molecular weight is 220 g/mol. The predicted molar refractivity (Wildman–Crippen MR) is 68.4 cm³/mol. The lowest BCUT2D eigenvalue weighted by Gasteiger charge is -2.23. The van der Waals surface area contributed by atoms with E-state index < -0.39 is 0 Å². The predicted octanol–water partition coefficient (Wildman–Crippen LogP) is 4.25. The Hall–Kier alpha value is -0.560. The lowest BCUT2D eigenvalue weighted by Crippen LogP contribution is -2.21. The molecule has 1 heteroatoms. The van der Waals surface area contributed by atoms with Crippen molar-refractivity contribution in [3.05, 3.63) is 23.3 Å². The smallest absolute Gasteiger partial charge is 0.0920 e. The lowest BCUT2D eigenvalue weighted by molar-refractivity contribution is 0.303. The van der Waals surface area contributed by atoms with Crippen molar-refractivity contribution < 1.29 is 4.74 Å². The monoisotopic (exact) mass is 220 g/mol. The third kappa shape index (κ3) is 2.57. The number of rotatable bonds is 3. The summed E-state index contributed by atoms with van der Waals surface area (Å²) in [6.07, 6.45) is 10.1. The van der Waals surface area contributed by atoms with Gasteiger partial charge in [-0.3, -0.25) is 0 Å². The zero-order valence-electron chi connectivity index (χ0n) is 11.0. The first-order valence-corrected chi connectivity index (χ1v) is 6.49. The number of hydrogen-bond acceptors (Lipinski definition) is 1. The normalized spacial score (nSPS) is 37.9. The van der Waals surface area contributed by atoms with Gasteiger partial charge in [-0.15, -0.1) is 0 Å². The Morgan fingerprint density at radius 2 is 2.06 bits per heavy atom. The van der Waals surface area contributed by atoms with E-state index in [1.807, 2.05) is 0 Å². The first-order chi connectivity index (χ1) is 7.51. The number of fused-ring (bicyclic) bond motifs is 1. The number of ether oxygens (including phenoxy) is 1. The highest BCUT2D eigenvalue weighted by Crippen LogP contribution is 2.50. The Bertz CT molecular complexity index is 322. The van der Waals surface area contributed by atoms with Gasteiger partial charge in [0.05, 0.1) is 11.7 Å². The van der Waals surface area contributed by atoms with Gasteiger partial charge in [0.15, 0.2) is 0 Å². The Balaban J connectivity index is 1.86. The van der Waals surface area contributed by atoms with E-state index in [0.29, 0.717) is 6.10 Å². The van der Waals surface area contributed by atoms with Gasteiger partial charge in [0.1, 0.15) is 0 Å². The van der Waals surface area contributed by atoms with E-state index in [1.54, 1.807) is 5.57 Å². The molecule has 1 heterocycles. The minimum Gasteiger partial charge on any atom is -0.366 e. The first kappa shape index (κ1) is 11.9. The fourth-order valence-corrected chi connectivity index (χ4v) is 2.71. The van der Waals surface area contributed by atoms with Crippen LogP contribution in [0.15, 0.2) is 23.3 Å². The van der Waals surface area contributed by atoms with Crippen LogP contribution in [0.5, 0.6) is 0 Å². The molecule has 90 valence electrons. The van der Waals surface area contributed by atoms with E-state index in [0.717, 1.165) is 12.3 Å². The van der Waals surface area contributed by atoms with Gasteiger partial charge in [-0.1, -0.05) is 23.3 Å². The van der Waals surface area contributed by atoms with Gasteiger partial charge in [0, 0.05) is 0 Å². The molecule has 0 spiro atoms. The van der Waals surface area contributed by atoms with Crippen LogP contribution in [0.25, 0.3) is 0 Å². The topological polar surface area (TPSA) is 12.5 Å². The van der Waals surface area contributed by atoms with E-state index in [-0.39, 0.29) is 5.60 Å². The van der Waals surface area contributed by atoms with Gasteiger partial charge in [0.25, 0.3) is 0 Å². The minimum absolute atomic E-state index is 0.261.